The molecule has 1 aliphatic rings. The third-order valence-corrected chi connectivity index (χ3v) is 4.35. The van der Waals surface area contributed by atoms with Crippen LogP contribution in [-0.4, -0.2) is 38.0 Å². The van der Waals surface area contributed by atoms with Crippen LogP contribution < -0.4 is 10.6 Å². The quantitative estimate of drug-likeness (QED) is 0.763. The number of aryl methyl sites for hydroxylation is 1. The first-order valence-electron chi connectivity index (χ1n) is 7.65. The maximum absolute atomic E-state index is 12.0. The predicted molar refractivity (Wildman–Crippen MR) is 78.8 cm³/mol. The van der Waals surface area contributed by atoms with E-state index >= 15 is 0 Å². The number of amides is 2. The minimum Gasteiger partial charge on any atom is -0.388 e. The molecule has 7 nitrogen and oxygen atoms in total. The Kier molecular flexibility index (Phi) is 4.82. The SMILES string of the molecule is CCC(O)(CC)CNC(=O)NC1CCCn2c(C)nnc21. The van der Waals surface area contributed by atoms with Crippen LogP contribution in [0.5, 0.6) is 0 Å². The highest BCUT2D eigenvalue weighted by Crippen LogP contribution is 2.23. The van der Waals surface area contributed by atoms with Gasteiger partial charge in [-0.2, -0.15) is 0 Å². The summed E-state index contributed by atoms with van der Waals surface area (Å²) in [5.41, 5.74) is -0.833. The van der Waals surface area contributed by atoms with E-state index in [4.69, 9.17) is 0 Å². The first kappa shape index (κ1) is 15.8. The second-order valence-electron chi connectivity index (χ2n) is 5.71. The van der Waals surface area contributed by atoms with E-state index in [0.717, 1.165) is 31.0 Å². The van der Waals surface area contributed by atoms with Gasteiger partial charge in [0.1, 0.15) is 5.82 Å². The second kappa shape index (κ2) is 6.43. The molecule has 0 radical (unpaired) electrons. The summed E-state index contributed by atoms with van der Waals surface area (Å²) in [4.78, 5) is 12.0. The van der Waals surface area contributed by atoms with E-state index < -0.39 is 5.60 Å². The van der Waals surface area contributed by atoms with E-state index in [1.165, 1.54) is 0 Å². The molecular formula is C14H25N5O2. The molecule has 21 heavy (non-hydrogen) atoms. The van der Waals surface area contributed by atoms with E-state index in [-0.39, 0.29) is 18.6 Å². The number of urea groups is 1. The number of aromatic nitrogens is 3. The average molecular weight is 295 g/mol. The van der Waals surface area contributed by atoms with Gasteiger partial charge in [-0.15, -0.1) is 10.2 Å². The molecule has 1 aromatic rings. The van der Waals surface area contributed by atoms with Gasteiger partial charge < -0.3 is 20.3 Å². The third-order valence-electron chi connectivity index (χ3n) is 4.35. The largest absolute Gasteiger partial charge is 0.388 e. The Balaban J connectivity index is 1.92. The summed E-state index contributed by atoms with van der Waals surface area (Å²) in [6.07, 6.45) is 3.07. The van der Waals surface area contributed by atoms with Crippen molar-refractivity contribution in [1.29, 1.82) is 0 Å². The van der Waals surface area contributed by atoms with E-state index in [2.05, 4.69) is 20.8 Å². The fraction of sp³-hybridized carbons (Fsp3) is 0.786. The van der Waals surface area contributed by atoms with Gasteiger partial charge in [-0.1, -0.05) is 13.8 Å². The number of nitrogens with zero attached hydrogens (tertiary/aromatic N) is 3. The number of nitrogens with one attached hydrogen (secondary N) is 2. The minimum absolute atomic E-state index is 0.115. The van der Waals surface area contributed by atoms with Crippen molar-refractivity contribution in [3.8, 4) is 0 Å². The van der Waals surface area contributed by atoms with Crippen molar-refractivity contribution in [1.82, 2.24) is 25.4 Å². The molecule has 0 bridgehead atoms. The van der Waals surface area contributed by atoms with Gasteiger partial charge in [0, 0.05) is 13.1 Å². The monoisotopic (exact) mass is 295 g/mol. The van der Waals surface area contributed by atoms with Gasteiger partial charge in [0.05, 0.1) is 11.6 Å². The predicted octanol–water partition coefficient (Wildman–Crippen LogP) is 1.27. The highest BCUT2D eigenvalue weighted by Gasteiger charge is 2.27. The molecule has 2 amide bonds. The van der Waals surface area contributed by atoms with Crippen LogP contribution in [0.25, 0.3) is 0 Å². The van der Waals surface area contributed by atoms with Crippen LogP contribution in [0.2, 0.25) is 0 Å². The van der Waals surface area contributed by atoms with Crippen LogP contribution in [-0.2, 0) is 6.54 Å². The van der Waals surface area contributed by atoms with Crippen molar-refractivity contribution >= 4 is 6.03 Å². The normalized spacial score (nSPS) is 18.2. The lowest BCUT2D eigenvalue weighted by atomic mass is 9.98. The Morgan fingerprint density at radius 1 is 1.43 bits per heavy atom. The first-order chi connectivity index (χ1) is 9.99. The van der Waals surface area contributed by atoms with Gasteiger partial charge in [-0.25, -0.2) is 4.79 Å². The molecule has 0 aromatic carbocycles. The summed E-state index contributed by atoms with van der Waals surface area (Å²) in [5, 5.41) is 24.1. The average Bonchev–Trinajstić information content (AvgIpc) is 2.88. The Labute approximate surface area is 125 Å². The molecule has 0 saturated heterocycles. The van der Waals surface area contributed by atoms with Crippen LogP contribution in [0.4, 0.5) is 4.79 Å². The molecule has 2 rings (SSSR count). The topological polar surface area (TPSA) is 92.1 Å². The zero-order valence-corrected chi connectivity index (χ0v) is 13.0. The van der Waals surface area contributed by atoms with Crippen molar-refractivity contribution in [2.75, 3.05) is 6.54 Å². The van der Waals surface area contributed by atoms with Crippen LogP contribution in [0, 0.1) is 6.92 Å². The van der Waals surface area contributed by atoms with Gasteiger partial charge in [-0.3, -0.25) is 0 Å². The lowest BCUT2D eigenvalue weighted by Crippen LogP contribution is -2.47. The van der Waals surface area contributed by atoms with Crippen molar-refractivity contribution in [2.45, 2.75) is 64.6 Å². The Morgan fingerprint density at radius 3 is 2.81 bits per heavy atom. The van der Waals surface area contributed by atoms with Gasteiger partial charge in [0.15, 0.2) is 5.82 Å². The van der Waals surface area contributed by atoms with Gasteiger partial charge >= 0.3 is 6.03 Å². The maximum atomic E-state index is 12.0. The molecule has 0 spiro atoms. The molecule has 0 saturated carbocycles. The summed E-state index contributed by atoms with van der Waals surface area (Å²) in [6, 6.07) is -0.384. The summed E-state index contributed by atoms with van der Waals surface area (Å²) in [7, 11) is 0. The maximum Gasteiger partial charge on any atom is 0.315 e. The zero-order valence-electron chi connectivity index (χ0n) is 13.0. The lowest BCUT2D eigenvalue weighted by molar-refractivity contribution is 0.0348. The number of carbonyl (C=O) groups excluding carboxylic acids is 1. The van der Waals surface area contributed by atoms with E-state index in [9.17, 15) is 9.90 Å². The highest BCUT2D eigenvalue weighted by atomic mass is 16.3. The fourth-order valence-corrected chi connectivity index (χ4v) is 2.60. The van der Waals surface area contributed by atoms with Crippen LogP contribution in [0.3, 0.4) is 0 Å². The molecule has 2 heterocycles. The van der Waals surface area contributed by atoms with E-state index in [1.807, 2.05) is 25.3 Å². The number of fused-ring (bicyclic) bond motifs is 1. The van der Waals surface area contributed by atoms with Gasteiger partial charge in [0.2, 0.25) is 0 Å². The van der Waals surface area contributed by atoms with Crippen LogP contribution in [0.1, 0.15) is 57.2 Å². The van der Waals surface area contributed by atoms with Crippen molar-refractivity contribution in [3.05, 3.63) is 11.6 Å². The van der Waals surface area contributed by atoms with E-state index in [1.54, 1.807) is 0 Å². The molecular weight excluding hydrogens is 270 g/mol. The molecule has 1 atom stereocenters. The van der Waals surface area contributed by atoms with Crippen molar-refractivity contribution < 1.29 is 9.90 Å². The lowest BCUT2D eigenvalue weighted by Gasteiger charge is -2.27. The van der Waals surface area contributed by atoms with Crippen LogP contribution in [0.15, 0.2) is 0 Å². The van der Waals surface area contributed by atoms with Crippen LogP contribution >= 0.6 is 0 Å². The highest BCUT2D eigenvalue weighted by molar-refractivity contribution is 5.74. The van der Waals surface area contributed by atoms with Gasteiger partial charge in [0.25, 0.3) is 0 Å². The molecule has 1 unspecified atom stereocenters. The molecule has 0 aliphatic carbocycles. The Bertz CT molecular complexity index is 496. The van der Waals surface area contributed by atoms with Crippen molar-refractivity contribution in [3.63, 3.8) is 0 Å². The summed E-state index contributed by atoms with van der Waals surface area (Å²) < 4.78 is 2.04. The second-order valence-corrected chi connectivity index (χ2v) is 5.71. The number of carbonyl (C=O) groups is 1. The molecule has 0 fully saturated rings. The molecule has 7 heteroatoms. The summed E-state index contributed by atoms with van der Waals surface area (Å²) in [6.45, 7) is 6.90. The first-order valence-corrected chi connectivity index (χ1v) is 7.65. The fourth-order valence-electron chi connectivity index (χ4n) is 2.60. The summed E-state index contributed by atoms with van der Waals surface area (Å²) in [5.74, 6) is 1.69. The number of hydrogen-bond acceptors (Lipinski definition) is 4. The molecule has 1 aliphatic heterocycles. The van der Waals surface area contributed by atoms with E-state index in [0.29, 0.717) is 12.8 Å². The van der Waals surface area contributed by atoms with Crippen molar-refractivity contribution in [2.24, 2.45) is 0 Å². The standard InChI is InChI=1S/C14H25N5O2/c1-4-14(21,5-2)9-15-13(20)16-11-7-6-8-19-10(3)17-18-12(11)19/h11,21H,4-9H2,1-3H3,(H2,15,16,20). The molecule has 3 N–H and O–H groups in total. The minimum atomic E-state index is -0.833. The van der Waals surface area contributed by atoms with Gasteiger partial charge in [-0.05, 0) is 32.6 Å². The Morgan fingerprint density at radius 2 is 2.14 bits per heavy atom. The number of rotatable bonds is 5. The number of aliphatic hydroxyl groups is 1. The molecule has 118 valence electrons. The summed E-state index contributed by atoms with van der Waals surface area (Å²) >= 11 is 0. The third kappa shape index (κ3) is 3.53. The molecule has 1 aromatic heterocycles. The number of hydrogen-bond donors (Lipinski definition) is 3. The smallest absolute Gasteiger partial charge is 0.315 e. The Hall–Kier alpha value is -1.63. The zero-order chi connectivity index (χ0) is 15.5.